The lowest BCUT2D eigenvalue weighted by atomic mass is 10.2. The summed E-state index contributed by atoms with van der Waals surface area (Å²) in [7, 11) is 0. The molecule has 0 radical (unpaired) electrons. The minimum Gasteiger partial charge on any atom is -0.353 e. The maximum Gasteiger partial charge on any atom is 0.168 e. The Morgan fingerprint density at radius 3 is 3.38 bits per heavy atom. The monoisotopic (exact) mass is 240 g/mol. The molecule has 16 heavy (non-hydrogen) atoms. The summed E-state index contributed by atoms with van der Waals surface area (Å²) < 4.78 is 13.7. The van der Waals surface area contributed by atoms with Crippen LogP contribution < -0.4 is 0 Å². The predicted molar refractivity (Wildman–Crippen MR) is 61.4 cm³/mol. The molecule has 1 aromatic rings. The second-order valence-corrected chi connectivity index (χ2v) is 5.21. The van der Waals surface area contributed by atoms with Gasteiger partial charge in [0.15, 0.2) is 11.4 Å². The Labute approximate surface area is 99.3 Å². The molecule has 2 aliphatic heterocycles. The van der Waals surface area contributed by atoms with Gasteiger partial charge in [-0.1, -0.05) is 11.8 Å². The quantitative estimate of drug-likeness (QED) is 0.791. The molecule has 2 unspecified atom stereocenters. The standard InChI is InChI=1S/C11H16N2O2S/c1-2-6-14-10(3-1)15-9-7-13-5-4-12-11(13)16-8-9/h4-5,9-10H,1-3,6-8H2. The summed E-state index contributed by atoms with van der Waals surface area (Å²) >= 11 is 1.76. The van der Waals surface area contributed by atoms with Crippen LogP contribution >= 0.6 is 11.8 Å². The summed E-state index contributed by atoms with van der Waals surface area (Å²) in [4.78, 5) is 4.28. The lowest BCUT2D eigenvalue weighted by molar-refractivity contribution is -0.186. The third kappa shape index (κ3) is 2.26. The molecule has 0 amide bonds. The number of hydrogen-bond acceptors (Lipinski definition) is 4. The zero-order valence-corrected chi connectivity index (χ0v) is 9.99. The molecule has 1 fully saturated rings. The van der Waals surface area contributed by atoms with Gasteiger partial charge >= 0.3 is 0 Å². The lowest BCUT2D eigenvalue weighted by Crippen LogP contribution is -2.33. The van der Waals surface area contributed by atoms with Crippen LogP contribution in [0.4, 0.5) is 0 Å². The van der Waals surface area contributed by atoms with Gasteiger partial charge in [0.25, 0.3) is 0 Å². The van der Waals surface area contributed by atoms with Gasteiger partial charge in [-0.15, -0.1) is 0 Å². The third-order valence-electron chi connectivity index (χ3n) is 2.96. The Hall–Kier alpha value is -0.520. The molecule has 0 N–H and O–H groups in total. The molecule has 88 valence electrons. The number of aromatic nitrogens is 2. The van der Waals surface area contributed by atoms with Crippen LogP contribution in [0.5, 0.6) is 0 Å². The van der Waals surface area contributed by atoms with Crippen molar-refractivity contribution in [2.45, 2.75) is 43.4 Å². The molecule has 0 aliphatic carbocycles. The van der Waals surface area contributed by atoms with E-state index in [4.69, 9.17) is 9.47 Å². The molecule has 1 saturated heterocycles. The fraction of sp³-hybridized carbons (Fsp3) is 0.727. The maximum absolute atomic E-state index is 5.97. The van der Waals surface area contributed by atoms with E-state index in [1.807, 2.05) is 12.4 Å². The molecule has 4 nitrogen and oxygen atoms in total. The Morgan fingerprint density at radius 1 is 1.50 bits per heavy atom. The number of imidazole rings is 1. The van der Waals surface area contributed by atoms with Crippen LogP contribution in [0.1, 0.15) is 19.3 Å². The van der Waals surface area contributed by atoms with Gasteiger partial charge in [-0.25, -0.2) is 4.98 Å². The van der Waals surface area contributed by atoms with Crippen molar-refractivity contribution in [3.63, 3.8) is 0 Å². The molecule has 2 atom stereocenters. The Kier molecular flexibility index (Phi) is 3.17. The summed E-state index contributed by atoms with van der Waals surface area (Å²) in [6, 6.07) is 0. The highest BCUT2D eigenvalue weighted by Crippen LogP contribution is 2.26. The first-order valence-corrected chi connectivity index (χ1v) is 6.81. The third-order valence-corrected chi connectivity index (χ3v) is 4.09. The molecule has 0 bridgehead atoms. The van der Waals surface area contributed by atoms with E-state index in [2.05, 4.69) is 9.55 Å². The molecule has 1 aromatic heterocycles. The van der Waals surface area contributed by atoms with Gasteiger partial charge in [0.05, 0.1) is 12.6 Å². The molecule has 0 spiro atoms. The van der Waals surface area contributed by atoms with Crippen molar-refractivity contribution in [3.8, 4) is 0 Å². The van der Waals surface area contributed by atoms with Crippen LogP contribution in [-0.4, -0.2) is 34.3 Å². The minimum atomic E-state index is 0.0180. The summed E-state index contributed by atoms with van der Waals surface area (Å²) in [5.41, 5.74) is 0. The normalized spacial score (nSPS) is 30.0. The van der Waals surface area contributed by atoms with Crippen molar-refractivity contribution >= 4 is 11.8 Å². The molecule has 2 aliphatic rings. The van der Waals surface area contributed by atoms with Crippen LogP contribution in [0.2, 0.25) is 0 Å². The van der Waals surface area contributed by atoms with E-state index in [-0.39, 0.29) is 12.4 Å². The van der Waals surface area contributed by atoms with Crippen molar-refractivity contribution in [3.05, 3.63) is 12.4 Å². The fourth-order valence-electron chi connectivity index (χ4n) is 2.13. The largest absolute Gasteiger partial charge is 0.353 e. The fourth-order valence-corrected chi connectivity index (χ4v) is 3.09. The molecular weight excluding hydrogens is 224 g/mol. The van der Waals surface area contributed by atoms with Crippen LogP contribution in [-0.2, 0) is 16.0 Å². The van der Waals surface area contributed by atoms with Crippen molar-refractivity contribution in [2.75, 3.05) is 12.4 Å². The smallest absolute Gasteiger partial charge is 0.168 e. The first-order valence-electron chi connectivity index (χ1n) is 5.83. The summed E-state index contributed by atoms with van der Waals surface area (Å²) in [5, 5.41) is 1.10. The molecule has 3 heterocycles. The number of nitrogens with zero attached hydrogens (tertiary/aromatic N) is 2. The van der Waals surface area contributed by atoms with E-state index in [9.17, 15) is 0 Å². The zero-order chi connectivity index (χ0) is 10.8. The van der Waals surface area contributed by atoms with Crippen molar-refractivity contribution in [2.24, 2.45) is 0 Å². The highest BCUT2D eigenvalue weighted by atomic mass is 32.2. The topological polar surface area (TPSA) is 36.3 Å². The van der Waals surface area contributed by atoms with E-state index in [1.165, 1.54) is 12.8 Å². The van der Waals surface area contributed by atoms with Gasteiger partial charge in [-0.3, -0.25) is 0 Å². The van der Waals surface area contributed by atoms with E-state index in [1.54, 1.807) is 11.8 Å². The van der Waals surface area contributed by atoms with Crippen molar-refractivity contribution < 1.29 is 9.47 Å². The zero-order valence-electron chi connectivity index (χ0n) is 9.17. The van der Waals surface area contributed by atoms with Crippen LogP contribution in [0.3, 0.4) is 0 Å². The van der Waals surface area contributed by atoms with E-state index in [0.717, 1.165) is 30.5 Å². The average Bonchev–Trinajstić information content (AvgIpc) is 2.77. The first-order chi connectivity index (χ1) is 7.92. The minimum absolute atomic E-state index is 0.0180. The maximum atomic E-state index is 5.97. The first kappa shape index (κ1) is 10.6. The number of rotatable bonds is 2. The Balaban J connectivity index is 1.57. The average molecular weight is 240 g/mol. The van der Waals surface area contributed by atoms with Gasteiger partial charge in [0.1, 0.15) is 0 Å². The highest BCUT2D eigenvalue weighted by Gasteiger charge is 2.24. The number of fused-ring (bicyclic) bond motifs is 1. The molecule has 0 saturated carbocycles. The molecular formula is C11H16N2O2S. The van der Waals surface area contributed by atoms with Gasteiger partial charge in [0, 0.05) is 24.8 Å². The molecule has 3 rings (SSSR count). The lowest BCUT2D eigenvalue weighted by Gasteiger charge is -2.30. The Morgan fingerprint density at radius 2 is 2.50 bits per heavy atom. The Bertz CT molecular complexity index is 350. The summed E-state index contributed by atoms with van der Waals surface area (Å²) in [5.74, 6) is 0.983. The predicted octanol–water partition coefficient (Wildman–Crippen LogP) is 1.90. The van der Waals surface area contributed by atoms with Gasteiger partial charge in [0.2, 0.25) is 0 Å². The number of ether oxygens (including phenoxy) is 2. The van der Waals surface area contributed by atoms with E-state index in [0.29, 0.717) is 0 Å². The second kappa shape index (κ2) is 4.77. The molecule has 0 aromatic carbocycles. The van der Waals surface area contributed by atoms with Crippen molar-refractivity contribution in [1.82, 2.24) is 9.55 Å². The van der Waals surface area contributed by atoms with Crippen LogP contribution in [0.15, 0.2) is 17.6 Å². The number of hydrogen-bond donors (Lipinski definition) is 0. The van der Waals surface area contributed by atoms with E-state index >= 15 is 0 Å². The summed E-state index contributed by atoms with van der Waals surface area (Å²) in [6.07, 6.45) is 7.57. The van der Waals surface area contributed by atoms with Crippen molar-refractivity contribution in [1.29, 1.82) is 0 Å². The number of thioether (sulfide) groups is 1. The van der Waals surface area contributed by atoms with Crippen LogP contribution in [0, 0.1) is 0 Å². The van der Waals surface area contributed by atoms with Crippen LogP contribution in [0.25, 0.3) is 0 Å². The van der Waals surface area contributed by atoms with E-state index < -0.39 is 0 Å². The van der Waals surface area contributed by atoms with Gasteiger partial charge in [-0.2, -0.15) is 0 Å². The summed E-state index contributed by atoms with van der Waals surface area (Å²) in [6.45, 7) is 1.75. The highest BCUT2D eigenvalue weighted by molar-refractivity contribution is 7.99. The van der Waals surface area contributed by atoms with Gasteiger partial charge in [-0.05, 0) is 19.3 Å². The second-order valence-electron chi connectivity index (χ2n) is 4.23. The molecule has 5 heteroatoms. The SMILES string of the molecule is c1cn2c(n1)SCC(OC1CCCCO1)C2. The van der Waals surface area contributed by atoms with Gasteiger partial charge < -0.3 is 14.0 Å².